The summed E-state index contributed by atoms with van der Waals surface area (Å²) in [6.07, 6.45) is -0.929. The van der Waals surface area contributed by atoms with Gasteiger partial charge in [-0.15, -0.1) is 0 Å². The van der Waals surface area contributed by atoms with E-state index in [1.807, 2.05) is 48.5 Å². The van der Waals surface area contributed by atoms with Gasteiger partial charge in [0.2, 0.25) is 5.75 Å². The van der Waals surface area contributed by atoms with Crippen LogP contribution in [0.15, 0.2) is 54.6 Å². The zero-order valence-electron chi connectivity index (χ0n) is 17.8. The van der Waals surface area contributed by atoms with Crippen molar-refractivity contribution in [3.05, 3.63) is 65.7 Å². The third-order valence-corrected chi connectivity index (χ3v) is 4.97. The summed E-state index contributed by atoms with van der Waals surface area (Å²) in [5.41, 5.74) is 2.89. The number of ether oxygens (including phenoxy) is 5. The highest BCUT2D eigenvalue weighted by Gasteiger charge is 2.26. The summed E-state index contributed by atoms with van der Waals surface area (Å²) in [7, 11) is 7.89. The van der Waals surface area contributed by atoms with Gasteiger partial charge in [-0.2, -0.15) is 0 Å². The second-order valence-electron chi connectivity index (χ2n) is 6.51. The van der Waals surface area contributed by atoms with Crippen molar-refractivity contribution in [3.8, 4) is 39.9 Å². The summed E-state index contributed by atoms with van der Waals surface area (Å²) in [5.74, 6) is 2.84. The van der Waals surface area contributed by atoms with E-state index >= 15 is 0 Å². The van der Waals surface area contributed by atoms with Gasteiger partial charge in [-0.05, 0) is 41.5 Å². The van der Waals surface area contributed by atoms with E-state index in [0.29, 0.717) is 39.7 Å². The molecule has 0 amide bonds. The Morgan fingerprint density at radius 2 is 1.17 bits per heavy atom. The van der Waals surface area contributed by atoms with Crippen LogP contribution in [0.3, 0.4) is 0 Å². The van der Waals surface area contributed by atoms with Crippen LogP contribution in [0, 0.1) is 0 Å². The molecule has 0 saturated heterocycles. The van der Waals surface area contributed by atoms with Crippen molar-refractivity contribution in [1.82, 2.24) is 0 Å². The maximum Gasteiger partial charge on any atom is 0.203 e. The minimum Gasteiger partial charge on any atom is -0.497 e. The lowest BCUT2D eigenvalue weighted by atomic mass is 9.91. The standard InChI is InChI=1S/C24H26O6/c1-26-17-10-6-15(7-11-17)21-19(14-20(28-3)23(29-4)24(21)30-5)22(25)16-8-12-18(27-2)13-9-16/h6-14,22,25H,1-5H3. The molecule has 6 heteroatoms. The summed E-state index contributed by atoms with van der Waals surface area (Å²) in [4.78, 5) is 0. The summed E-state index contributed by atoms with van der Waals surface area (Å²) in [6, 6.07) is 16.6. The van der Waals surface area contributed by atoms with Crippen LogP contribution in [0.1, 0.15) is 17.2 Å². The molecule has 1 atom stereocenters. The summed E-state index contributed by atoms with van der Waals surface area (Å²) in [6.45, 7) is 0. The molecule has 3 aromatic carbocycles. The van der Waals surface area contributed by atoms with Gasteiger partial charge in [0.1, 0.15) is 17.6 Å². The van der Waals surface area contributed by atoms with E-state index < -0.39 is 6.10 Å². The average Bonchev–Trinajstić information content (AvgIpc) is 2.82. The van der Waals surface area contributed by atoms with Crippen LogP contribution in [0.2, 0.25) is 0 Å². The van der Waals surface area contributed by atoms with Gasteiger partial charge in [0, 0.05) is 11.1 Å². The number of methoxy groups -OCH3 is 5. The Bertz CT molecular complexity index is 980. The first kappa shape index (κ1) is 21.3. The highest BCUT2D eigenvalue weighted by Crippen LogP contribution is 2.49. The zero-order chi connectivity index (χ0) is 21.7. The van der Waals surface area contributed by atoms with E-state index in [2.05, 4.69) is 0 Å². The van der Waals surface area contributed by atoms with Gasteiger partial charge in [0.05, 0.1) is 35.5 Å². The molecule has 6 nitrogen and oxygen atoms in total. The fourth-order valence-corrected chi connectivity index (χ4v) is 3.41. The zero-order valence-corrected chi connectivity index (χ0v) is 17.8. The largest absolute Gasteiger partial charge is 0.497 e. The fourth-order valence-electron chi connectivity index (χ4n) is 3.41. The Labute approximate surface area is 176 Å². The fraction of sp³-hybridized carbons (Fsp3) is 0.250. The molecule has 3 rings (SSSR count). The molecule has 0 fully saturated rings. The van der Waals surface area contributed by atoms with Gasteiger partial charge in [0.25, 0.3) is 0 Å². The number of hydrogen-bond donors (Lipinski definition) is 1. The predicted molar refractivity (Wildman–Crippen MR) is 115 cm³/mol. The number of aliphatic hydroxyl groups is 1. The van der Waals surface area contributed by atoms with Crippen LogP contribution >= 0.6 is 0 Å². The third kappa shape index (κ3) is 4.00. The molecule has 0 aliphatic heterocycles. The Hall–Kier alpha value is -3.38. The smallest absolute Gasteiger partial charge is 0.203 e. The van der Waals surface area contributed by atoms with Crippen molar-refractivity contribution < 1.29 is 28.8 Å². The number of aliphatic hydroxyl groups excluding tert-OH is 1. The second kappa shape index (κ2) is 9.41. The van der Waals surface area contributed by atoms with Gasteiger partial charge in [-0.1, -0.05) is 24.3 Å². The quantitative estimate of drug-likeness (QED) is 0.591. The molecule has 0 bridgehead atoms. The molecule has 0 aliphatic carbocycles. The van der Waals surface area contributed by atoms with Crippen LogP contribution in [-0.2, 0) is 0 Å². The summed E-state index contributed by atoms with van der Waals surface area (Å²) < 4.78 is 27.3. The number of rotatable bonds is 8. The molecule has 30 heavy (non-hydrogen) atoms. The third-order valence-electron chi connectivity index (χ3n) is 4.97. The molecule has 3 aromatic rings. The van der Waals surface area contributed by atoms with E-state index in [1.165, 1.54) is 0 Å². The van der Waals surface area contributed by atoms with Crippen LogP contribution in [-0.4, -0.2) is 40.7 Å². The van der Waals surface area contributed by atoms with Crippen molar-refractivity contribution >= 4 is 0 Å². The van der Waals surface area contributed by atoms with Gasteiger partial charge in [-0.25, -0.2) is 0 Å². The second-order valence-corrected chi connectivity index (χ2v) is 6.51. The lowest BCUT2D eigenvalue weighted by Crippen LogP contribution is -2.06. The van der Waals surface area contributed by atoms with E-state index in [9.17, 15) is 5.11 Å². The normalized spacial score (nSPS) is 11.5. The van der Waals surface area contributed by atoms with Crippen molar-refractivity contribution in [3.63, 3.8) is 0 Å². The van der Waals surface area contributed by atoms with Gasteiger partial charge in [-0.3, -0.25) is 0 Å². The van der Waals surface area contributed by atoms with Crippen molar-refractivity contribution in [2.24, 2.45) is 0 Å². The average molecular weight is 410 g/mol. The van der Waals surface area contributed by atoms with Crippen LogP contribution in [0.5, 0.6) is 28.7 Å². The maximum atomic E-state index is 11.3. The first-order valence-corrected chi connectivity index (χ1v) is 9.37. The van der Waals surface area contributed by atoms with Crippen LogP contribution < -0.4 is 23.7 Å². The summed E-state index contributed by atoms with van der Waals surface area (Å²) in [5, 5.41) is 11.3. The van der Waals surface area contributed by atoms with E-state index in [1.54, 1.807) is 41.6 Å². The van der Waals surface area contributed by atoms with E-state index in [0.717, 1.165) is 11.3 Å². The molecule has 0 aromatic heterocycles. The maximum absolute atomic E-state index is 11.3. The molecular formula is C24H26O6. The Morgan fingerprint density at radius 1 is 0.633 bits per heavy atom. The van der Waals surface area contributed by atoms with E-state index in [4.69, 9.17) is 23.7 Å². The SMILES string of the molecule is COc1ccc(-c2c(C(O)c3ccc(OC)cc3)cc(OC)c(OC)c2OC)cc1. The monoisotopic (exact) mass is 410 g/mol. The molecule has 0 heterocycles. The van der Waals surface area contributed by atoms with Crippen molar-refractivity contribution in [2.75, 3.05) is 35.5 Å². The number of benzene rings is 3. The molecule has 1 N–H and O–H groups in total. The van der Waals surface area contributed by atoms with Gasteiger partial charge < -0.3 is 28.8 Å². The minimum absolute atomic E-state index is 0.455. The van der Waals surface area contributed by atoms with Crippen LogP contribution in [0.25, 0.3) is 11.1 Å². The van der Waals surface area contributed by atoms with Gasteiger partial charge >= 0.3 is 0 Å². The summed E-state index contributed by atoms with van der Waals surface area (Å²) >= 11 is 0. The Morgan fingerprint density at radius 3 is 1.63 bits per heavy atom. The predicted octanol–water partition coefficient (Wildman–Crippen LogP) is 4.48. The lowest BCUT2D eigenvalue weighted by molar-refractivity contribution is 0.219. The topological polar surface area (TPSA) is 66.4 Å². The molecule has 1 unspecified atom stereocenters. The molecule has 158 valence electrons. The highest BCUT2D eigenvalue weighted by atomic mass is 16.5. The molecular weight excluding hydrogens is 384 g/mol. The van der Waals surface area contributed by atoms with Crippen LogP contribution in [0.4, 0.5) is 0 Å². The minimum atomic E-state index is -0.929. The number of hydrogen-bond acceptors (Lipinski definition) is 6. The lowest BCUT2D eigenvalue weighted by Gasteiger charge is -2.23. The van der Waals surface area contributed by atoms with Crippen molar-refractivity contribution in [2.45, 2.75) is 6.10 Å². The molecule has 0 saturated carbocycles. The van der Waals surface area contributed by atoms with Crippen molar-refractivity contribution in [1.29, 1.82) is 0 Å². The highest BCUT2D eigenvalue weighted by molar-refractivity contribution is 5.81. The first-order valence-electron chi connectivity index (χ1n) is 9.37. The van der Waals surface area contributed by atoms with Gasteiger partial charge in [0.15, 0.2) is 11.5 Å². The van der Waals surface area contributed by atoms with E-state index in [-0.39, 0.29) is 0 Å². The first-order chi connectivity index (χ1) is 14.6. The molecule has 0 radical (unpaired) electrons. The molecule has 0 aliphatic rings. The Balaban J connectivity index is 2.25. The molecule has 0 spiro atoms. The Kier molecular flexibility index (Phi) is 6.69.